The third-order valence-electron chi connectivity index (χ3n) is 4.96. The molecule has 1 heterocycles. The van der Waals surface area contributed by atoms with Gasteiger partial charge in [0.1, 0.15) is 11.3 Å². The van der Waals surface area contributed by atoms with Gasteiger partial charge in [-0.1, -0.05) is 18.2 Å². The Hall–Kier alpha value is -4.80. The van der Waals surface area contributed by atoms with Crippen LogP contribution < -0.4 is 5.32 Å². The minimum atomic E-state index is -4.42. The van der Waals surface area contributed by atoms with Crippen molar-refractivity contribution in [2.24, 2.45) is 10.2 Å². The van der Waals surface area contributed by atoms with Gasteiger partial charge >= 0.3 is 12.1 Å². The monoisotopic (exact) mass is 493 g/mol. The number of hydrogen-bond donors (Lipinski definition) is 2. The number of hydrogen-bond acceptors (Lipinski definition) is 8. The number of nitrogens with zero attached hydrogens (tertiary/aromatic N) is 4. The number of azo groups is 1. The van der Waals surface area contributed by atoms with Crippen LogP contribution in [0.25, 0.3) is 11.3 Å². The maximum absolute atomic E-state index is 12.8. The summed E-state index contributed by atoms with van der Waals surface area (Å²) in [6, 6.07) is 17.4. The molecular formula is C25H18F3N5O3. The maximum Gasteiger partial charge on any atom is 0.416 e. The van der Waals surface area contributed by atoms with Gasteiger partial charge in [0.05, 0.1) is 29.7 Å². The summed E-state index contributed by atoms with van der Waals surface area (Å²) < 4.78 is 43.0. The number of carbonyl (C=O) groups is 1. The standard InChI is InChI=1S/C25H18F3N5O3/c1-36-23(35)19-14-17(10-11-22(19)34)32-33-21-5-3-2-4-18(21)20-12-13-29-24(31-20)30-16-8-6-15(7-9-16)25(26,27)28/h2-14,34H,1H3,(H,29,30,31)/b33-32+. The number of methoxy groups -OCH3 is 1. The number of phenolic OH excluding ortho intramolecular Hbond substituents is 1. The number of nitrogens with one attached hydrogen (secondary N) is 1. The average Bonchev–Trinajstić information content (AvgIpc) is 2.88. The summed E-state index contributed by atoms with van der Waals surface area (Å²) in [5, 5.41) is 21.2. The number of aromatic nitrogens is 2. The molecule has 4 aromatic rings. The molecule has 0 spiro atoms. The van der Waals surface area contributed by atoms with E-state index in [-0.39, 0.29) is 17.3 Å². The second-order valence-electron chi connectivity index (χ2n) is 7.38. The van der Waals surface area contributed by atoms with E-state index in [4.69, 9.17) is 0 Å². The summed E-state index contributed by atoms with van der Waals surface area (Å²) in [5.74, 6) is -0.769. The molecule has 0 unspecified atom stereocenters. The highest BCUT2D eigenvalue weighted by Crippen LogP contribution is 2.33. The van der Waals surface area contributed by atoms with Gasteiger partial charge in [-0.15, -0.1) is 5.11 Å². The zero-order valence-corrected chi connectivity index (χ0v) is 18.7. The number of benzene rings is 3. The predicted molar refractivity (Wildman–Crippen MR) is 126 cm³/mol. The van der Waals surface area contributed by atoms with Gasteiger partial charge in [0, 0.05) is 17.4 Å². The number of anilines is 2. The Kier molecular flexibility index (Phi) is 6.91. The molecule has 0 saturated carbocycles. The van der Waals surface area contributed by atoms with Crippen molar-refractivity contribution in [3.63, 3.8) is 0 Å². The molecule has 3 aromatic carbocycles. The van der Waals surface area contributed by atoms with Gasteiger partial charge in [-0.3, -0.25) is 0 Å². The number of alkyl halides is 3. The Labute approximate surface area is 203 Å². The van der Waals surface area contributed by atoms with Crippen LogP contribution in [0.4, 0.5) is 36.2 Å². The minimum absolute atomic E-state index is 0.0444. The van der Waals surface area contributed by atoms with Crippen molar-refractivity contribution in [2.45, 2.75) is 6.18 Å². The van der Waals surface area contributed by atoms with Crippen molar-refractivity contribution in [1.29, 1.82) is 0 Å². The summed E-state index contributed by atoms with van der Waals surface area (Å²) >= 11 is 0. The highest BCUT2D eigenvalue weighted by Gasteiger charge is 2.29. The van der Waals surface area contributed by atoms with Crippen molar-refractivity contribution in [3.8, 4) is 17.0 Å². The lowest BCUT2D eigenvalue weighted by Gasteiger charge is -2.10. The molecule has 0 radical (unpaired) electrons. The highest BCUT2D eigenvalue weighted by atomic mass is 19.4. The third-order valence-corrected chi connectivity index (χ3v) is 4.96. The lowest BCUT2D eigenvalue weighted by atomic mass is 10.1. The van der Waals surface area contributed by atoms with Crippen LogP contribution in [0.3, 0.4) is 0 Å². The number of carbonyl (C=O) groups excluding carboxylic acids is 1. The fraction of sp³-hybridized carbons (Fsp3) is 0.0800. The molecule has 182 valence electrons. The molecule has 0 bridgehead atoms. The predicted octanol–water partition coefficient (Wildman–Crippen LogP) is 6.81. The van der Waals surface area contributed by atoms with Crippen LogP contribution >= 0.6 is 0 Å². The minimum Gasteiger partial charge on any atom is -0.507 e. The average molecular weight is 493 g/mol. The fourth-order valence-electron chi connectivity index (χ4n) is 3.19. The molecule has 0 aliphatic carbocycles. The van der Waals surface area contributed by atoms with E-state index in [0.717, 1.165) is 12.1 Å². The van der Waals surface area contributed by atoms with Crippen LogP contribution in [0, 0.1) is 0 Å². The molecule has 11 heteroatoms. The van der Waals surface area contributed by atoms with Gasteiger partial charge in [0.2, 0.25) is 5.95 Å². The molecule has 36 heavy (non-hydrogen) atoms. The van der Waals surface area contributed by atoms with Gasteiger partial charge in [-0.2, -0.15) is 18.3 Å². The second-order valence-corrected chi connectivity index (χ2v) is 7.38. The van der Waals surface area contributed by atoms with Crippen LogP contribution in [0.2, 0.25) is 0 Å². The van der Waals surface area contributed by atoms with Crippen LogP contribution in [-0.4, -0.2) is 28.2 Å². The van der Waals surface area contributed by atoms with E-state index < -0.39 is 17.7 Å². The second kappa shape index (κ2) is 10.2. The molecule has 0 aliphatic heterocycles. The number of halogens is 3. The van der Waals surface area contributed by atoms with Crippen molar-refractivity contribution < 1.29 is 27.8 Å². The Morgan fingerprint density at radius 2 is 1.75 bits per heavy atom. The largest absolute Gasteiger partial charge is 0.507 e. The number of rotatable bonds is 6. The zero-order chi connectivity index (χ0) is 25.7. The topological polar surface area (TPSA) is 109 Å². The Bertz CT molecular complexity index is 1420. The Morgan fingerprint density at radius 3 is 2.47 bits per heavy atom. The van der Waals surface area contributed by atoms with Crippen molar-refractivity contribution >= 4 is 29.0 Å². The molecule has 4 rings (SSSR count). The summed E-state index contributed by atoms with van der Waals surface area (Å²) in [7, 11) is 1.20. The summed E-state index contributed by atoms with van der Waals surface area (Å²) in [5.41, 5.74) is 1.48. The number of aromatic hydroxyl groups is 1. The Morgan fingerprint density at radius 1 is 1.00 bits per heavy atom. The first-order valence-corrected chi connectivity index (χ1v) is 10.4. The number of esters is 1. The van der Waals surface area contributed by atoms with Crippen molar-refractivity contribution in [1.82, 2.24) is 9.97 Å². The maximum atomic E-state index is 12.8. The summed E-state index contributed by atoms with van der Waals surface area (Å²) in [6.07, 6.45) is -2.92. The lowest BCUT2D eigenvalue weighted by Crippen LogP contribution is -2.04. The Balaban J connectivity index is 1.59. The van der Waals surface area contributed by atoms with Gasteiger partial charge in [-0.25, -0.2) is 14.8 Å². The van der Waals surface area contributed by atoms with E-state index in [2.05, 4.69) is 30.3 Å². The summed E-state index contributed by atoms with van der Waals surface area (Å²) in [4.78, 5) is 20.4. The van der Waals surface area contributed by atoms with Crippen molar-refractivity contribution in [3.05, 3.63) is 90.1 Å². The van der Waals surface area contributed by atoms with Gasteiger partial charge in [-0.05, 0) is 54.6 Å². The molecular weight excluding hydrogens is 475 g/mol. The van der Waals surface area contributed by atoms with Crippen LogP contribution in [-0.2, 0) is 10.9 Å². The first-order valence-electron chi connectivity index (χ1n) is 10.4. The third kappa shape index (κ3) is 5.63. The molecule has 0 fully saturated rings. The van der Waals surface area contributed by atoms with Gasteiger partial charge < -0.3 is 15.2 Å². The molecule has 0 amide bonds. The first-order chi connectivity index (χ1) is 17.2. The van der Waals surface area contributed by atoms with E-state index in [1.807, 2.05) is 0 Å². The van der Waals surface area contributed by atoms with E-state index in [9.17, 15) is 23.1 Å². The highest BCUT2D eigenvalue weighted by molar-refractivity contribution is 5.93. The van der Waals surface area contributed by atoms with Crippen LogP contribution in [0.1, 0.15) is 15.9 Å². The zero-order valence-electron chi connectivity index (χ0n) is 18.7. The summed E-state index contributed by atoms with van der Waals surface area (Å²) in [6.45, 7) is 0. The van der Waals surface area contributed by atoms with Crippen LogP contribution in [0.5, 0.6) is 5.75 Å². The first kappa shape index (κ1) is 24.3. The van der Waals surface area contributed by atoms with Gasteiger partial charge in [0.15, 0.2) is 0 Å². The van der Waals surface area contributed by atoms with E-state index in [1.54, 1.807) is 30.3 Å². The lowest BCUT2D eigenvalue weighted by molar-refractivity contribution is -0.137. The fourth-order valence-corrected chi connectivity index (χ4v) is 3.19. The van der Waals surface area contributed by atoms with E-state index >= 15 is 0 Å². The van der Waals surface area contributed by atoms with Gasteiger partial charge in [0.25, 0.3) is 0 Å². The molecule has 2 N–H and O–H groups in total. The van der Waals surface area contributed by atoms with E-state index in [1.165, 1.54) is 43.6 Å². The molecule has 1 aromatic heterocycles. The molecule has 0 atom stereocenters. The molecule has 8 nitrogen and oxygen atoms in total. The quantitative estimate of drug-likeness (QED) is 0.226. The number of phenols is 1. The molecule has 0 aliphatic rings. The normalized spacial score (nSPS) is 11.4. The van der Waals surface area contributed by atoms with Crippen molar-refractivity contribution in [2.75, 3.05) is 12.4 Å². The van der Waals surface area contributed by atoms with Crippen LogP contribution in [0.15, 0.2) is 89.2 Å². The molecule has 0 saturated heterocycles. The SMILES string of the molecule is COC(=O)c1cc(/N=N/c2ccccc2-c2ccnc(Nc3ccc(C(F)(F)F)cc3)n2)ccc1O. The van der Waals surface area contributed by atoms with E-state index in [0.29, 0.717) is 28.3 Å². The number of ether oxygens (including phenoxy) is 1. The smallest absolute Gasteiger partial charge is 0.416 e.